The van der Waals surface area contributed by atoms with Crippen molar-refractivity contribution in [3.63, 3.8) is 0 Å². The van der Waals surface area contributed by atoms with Crippen molar-refractivity contribution >= 4 is 11.9 Å². The molecule has 7 N–H and O–H groups in total. The summed E-state index contributed by atoms with van der Waals surface area (Å²) < 4.78 is 27.9. The second kappa shape index (κ2) is 16.0. The maximum Gasteiger partial charge on any atom is 0.337 e. The first kappa shape index (κ1) is 34.8. The standard InChI is InChI=1S/C32H38O14/c1-2-20-21(14-26(37)44-19-6-3-17(4-7-19)9-11-33)22(30(41)42-12-10-18-5-8-23(35)24(36)13-18)16-43-31(20)46-32-29(40)28(39)27(38)25(15-34)45-32/h2-8,13,16,21,25,27-29,31-36,38-40H,9-12,14-15H2,1H3. The molecule has 1 fully saturated rings. The first-order valence-corrected chi connectivity index (χ1v) is 14.6. The molecule has 0 amide bonds. The van der Waals surface area contributed by atoms with Gasteiger partial charge in [-0.05, 0) is 48.7 Å². The van der Waals surface area contributed by atoms with Crippen LogP contribution in [0.4, 0.5) is 0 Å². The third kappa shape index (κ3) is 8.41. The highest BCUT2D eigenvalue weighted by atomic mass is 16.8. The molecule has 2 heterocycles. The molecular formula is C32H38O14. The van der Waals surface area contributed by atoms with Gasteiger partial charge in [-0.25, -0.2) is 4.79 Å². The molecule has 14 heteroatoms. The monoisotopic (exact) mass is 646 g/mol. The van der Waals surface area contributed by atoms with Gasteiger partial charge in [-0.3, -0.25) is 4.79 Å². The van der Waals surface area contributed by atoms with E-state index in [1.165, 1.54) is 18.2 Å². The number of benzene rings is 2. The van der Waals surface area contributed by atoms with Gasteiger partial charge in [-0.15, -0.1) is 0 Å². The summed E-state index contributed by atoms with van der Waals surface area (Å²) in [5, 5.41) is 68.7. The summed E-state index contributed by atoms with van der Waals surface area (Å²) in [7, 11) is 0. The first-order valence-electron chi connectivity index (χ1n) is 14.6. The van der Waals surface area contributed by atoms with E-state index in [1.807, 2.05) is 0 Å². The molecule has 2 aliphatic rings. The van der Waals surface area contributed by atoms with E-state index in [9.17, 15) is 40.2 Å². The number of aliphatic hydroxyl groups is 5. The fourth-order valence-corrected chi connectivity index (χ4v) is 5.07. The molecule has 0 saturated carbocycles. The second-order valence-electron chi connectivity index (χ2n) is 10.7. The van der Waals surface area contributed by atoms with Crippen LogP contribution in [0.1, 0.15) is 24.5 Å². The Balaban J connectivity index is 1.52. The van der Waals surface area contributed by atoms with E-state index < -0.39 is 61.5 Å². The molecular weight excluding hydrogens is 608 g/mol. The van der Waals surface area contributed by atoms with Crippen molar-refractivity contribution in [3.8, 4) is 17.2 Å². The average molecular weight is 647 g/mol. The molecule has 7 unspecified atom stereocenters. The SMILES string of the molecule is CC=C1C(OC2OC(CO)C(O)C(O)C2O)OC=C(C(=O)OCCc2ccc(O)c(O)c2)C1CC(=O)Oc1ccc(CCO)cc1. The summed E-state index contributed by atoms with van der Waals surface area (Å²) in [6.45, 7) is 0.770. The Labute approximate surface area is 264 Å². The van der Waals surface area contributed by atoms with Crippen LogP contribution in [0.3, 0.4) is 0 Å². The number of ether oxygens (including phenoxy) is 5. The Bertz CT molecular complexity index is 1400. The van der Waals surface area contributed by atoms with Gasteiger partial charge >= 0.3 is 11.9 Å². The first-order chi connectivity index (χ1) is 22.1. The van der Waals surface area contributed by atoms with Gasteiger partial charge in [0.15, 0.2) is 17.8 Å². The van der Waals surface area contributed by atoms with Gasteiger partial charge in [0.1, 0.15) is 30.2 Å². The van der Waals surface area contributed by atoms with Crippen molar-refractivity contribution in [1.82, 2.24) is 0 Å². The molecule has 7 atom stereocenters. The highest BCUT2D eigenvalue weighted by Crippen LogP contribution is 2.36. The van der Waals surface area contributed by atoms with Crippen LogP contribution in [-0.2, 0) is 41.4 Å². The predicted molar refractivity (Wildman–Crippen MR) is 157 cm³/mol. The van der Waals surface area contributed by atoms with Crippen LogP contribution in [0.2, 0.25) is 0 Å². The number of esters is 2. The highest BCUT2D eigenvalue weighted by Gasteiger charge is 2.47. The van der Waals surface area contributed by atoms with Gasteiger partial charge in [0.2, 0.25) is 6.29 Å². The molecule has 46 heavy (non-hydrogen) atoms. The predicted octanol–water partition coefficient (Wildman–Crippen LogP) is 0.333. The van der Waals surface area contributed by atoms with E-state index in [0.29, 0.717) is 12.0 Å². The Morgan fingerprint density at radius 2 is 1.63 bits per heavy atom. The van der Waals surface area contributed by atoms with Crippen molar-refractivity contribution in [2.45, 2.75) is 63.2 Å². The Morgan fingerprint density at radius 1 is 0.913 bits per heavy atom. The fraction of sp³-hybridized carbons (Fsp3) is 0.438. The Kier molecular flexibility index (Phi) is 12.1. The van der Waals surface area contributed by atoms with Gasteiger partial charge in [-0.1, -0.05) is 24.3 Å². The van der Waals surface area contributed by atoms with Crippen LogP contribution >= 0.6 is 0 Å². The minimum Gasteiger partial charge on any atom is -0.504 e. The Morgan fingerprint density at radius 3 is 2.28 bits per heavy atom. The minimum absolute atomic E-state index is 0.0377. The third-order valence-corrected chi connectivity index (χ3v) is 7.63. The number of carbonyl (C=O) groups excluding carboxylic acids is 2. The van der Waals surface area contributed by atoms with Gasteiger partial charge in [0.05, 0.1) is 31.5 Å². The summed E-state index contributed by atoms with van der Waals surface area (Å²) in [4.78, 5) is 26.4. The number of rotatable bonds is 12. The molecule has 0 radical (unpaired) electrons. The number of hydrogen-bond acceptors (Lipinski definition) is 14. The smallest absolute Gasteiger partial charge is 0.337 e. The number of phenols is 2. The van der Waals surface area contributed by atoms with Crippen LogP contribution in [0.15, 0.2) is 65.9 Å². The lowest BCUT2D eigenvalue weighted by Crippen LogP contribution is -2.60. The van der Waals surface area contributed by atoms with Crippen LogP contribution in [0, 0.1) is 5.92 Å². The fourth-order valence-electron chi connectivity index (χ4n) is 5.07. The normalized spacial score (nSPS) is 27.0. The number of carbonyl (C=O) groups is 2. The van der Waals surface area contributed by atoms with E-state index in [1.54, 1.807) is 37.3 Å². The van der Waals surface area contributed by atoms with Gasteiger partial charge < -0.3 is 59.4 Å². The number of hydrogen-bond donors (Lipinski definition) is 7. The van der Waals surface area contributed by atoms with Gasteiger partial charge in [0, 0.05) is 24.5 Å². The minimum atomic E-state index is -1.73. The Hall–Kier alpha value is -4.02. The summed E-state index contributed by atoms with van der Waals surface area (Å²) in [5.74, 6) is -2.91. The molecule has 2 aliphatic heterocycles. The second-order valence-corrected chi connectivity index (χ2v) is 10.7. The zero-order chi connectivity index (χ0) is 33.4. The summed E-state index contributed by atoms with van der Waals surface area (Å²) in [6, 6.07) is 10.7. The molecule has 1 saturated heterocycles. The topological polar surface area (TPSA) is 222 Å². The maximum absolute atomic E-state index is 13.3. The quantitative estimate of drug-likeness (QED) is 0.0715. The zero-order valence-corrected chi connectivity index (χ0v) is 25.0. The zero-order valence-electron chi connectivity index (χ0n) is 25.0. The largest absolute Gasteiger partial charge is 0.504 e. The third-order valence-electron chi connectivity index (χ3n) is 7.63. The highest BCUT2D eigenvalue weighted by molar-refractivity contribution is 5.91. The van der Waals surface area contributed by atoms with Crippen LogP contribution in [0.25, 0.3) is 0 Å². The molecule has 14 nitrogen and oxygen atoms in total. The number of allylic oxidation sites excluding steroid dienone is 1. The maximum atomic E-state index is 13.3. The van der Waals surface area contributed by atoms with E-state index in [-0.39, 0.29) is 54.5 Å². The molecule has 2 aromatic rings. The molecule has 4 rings (SSSR count). The molecule has 0 spiro atoms. The van der Waals surface area contributed by atoms with E-state index in [4.69, 9.17) is 28.8 Å². The van der Waals surface area contributed by atoms with Gasteiger partial charge in [-0.2, -0.15) is 0 Å². The van der Waals surface area contributed by atoms with Gasteiger partial charge in [0.25, 0.3) is 0 Å². The van der Waals surface area contributed by atoms with Crippen molar-refractivity contribution in [3.05, 3.63) is 77.1 Å². The molecule has 0 aliphatic carbocycles. The van der Waals surface area contributed by atoms with Crippen molar-refractivity contribution in [1.29, 1.82) is 0 Å². The van der Waals surface area contributed by atoms with Crippen molar-refractivity contribution in [2.24, 2.45) is 5.92 Å². The summed E-state index contributed by atoms with van der Waals surface area (Å²) >= 11 is 0. The molecule has 250 valence electrons. The van der Waals surface area contributed by atoms with Crippen molar-refractivity contribution < 1.29 is 69.0 Å². The van der Waals surface area contributed by atoms with Crippen molar-refractivity contribution in [2.75, 3.05) is 19.8 Å². The number of aromatic hydroxyl groups is 2. The van der Waals surface area contributed by atoms with Crippen LogP contribution < -0.4 is 4.74 Å². The lowest BCUT2D eigenvalue weighted by Gasteiger charge is -2.41. The lowest BCUT2D eigenvalue weighted by molar-refractivity contribution is -0.327. The number of phenolic OH excluding ortho intramolecular Hbond substituents is 2. The number of aliphatic hydroxyl groups excluding tert-OH is 5. The molecule has 0 bridgehead atoms. The average Bonchev–Trinajstić information content (AvgIpc) is 3.04. The van der Waals surface area contributed by atoms with E-state index >= 15 is 0 Å². The molecule has 2 aromatic carbocycles. The summed E-state index contributed by atoms with van der Waals surface area (Å²) in [6.07, 6.45) is -6.34. The molecule has 0 aromatic heterocycles. The van der Waals surface area contributed by atoms with Crippen LogP contribution in [0.5, 0.6) is 17.2 Å². The van der Waals surface area contributed by atoms with Crippen LogP contribution in [-0.4, -0.2) is 105 Å². The van der Waals surface area contributed by atoms with E-state index in [0.717, 1.165) is 11.8 Å². The summed E-state index contributed by atoms with van der Waals surface area (Å²) in [5.41, 5.74) is 1.63. The van der Waals surface area contributed by atoms with E-state index in [2.05, 4.69) is 0 Å². The lowest BCUT2D eigenvalue weighted by atomic mass is 9.86.